The van der Waals surface area contributed by atoms with Crippen LogP contribution in [0.4, 0.5) is 10.2 Å². The molecule has 2 heterocycles. The van der Waals surface area contributed by atoms with Crippen molar-refractivity contribution in [2.75, 3.05) is 18.9 Å². The number of benzene rings is 3. The van der Waals surface area contributed by atoms with Gasteiger partial charge in [-0.25, -0.2) is 17.8 Å². The van der Waals surface area contributed by atoms with Crippen molar-refractivity contribution in [1.82, 2.24) is 13.7 Å². The Morgan fingerprint density at radius 1 is 1.09 bits per heavy atom. The van der Waals surface area contributed by atoms with Gasteiger partial charge in [0.25, 0.3) is 0 Å². The van der Waals surface area contributed by atoms with Crippen LogP contribution in [0.15, 0.2) is 83.2 Å². The van der Waals surface area contributed by atoms with E-state index in [-0.39, 0.29) is 10.7 Å². The van der Waals surface area contributed by atoms with Crippen LogP contribution in [0.2, 0.25) is 0 Å². The van der Waals surface area contributed by atoms with Gasteiger partial charge in [0.05, 0.1) is 11.4 Å². The Labute approximate surface area is 199 Å². The second kappa shape index (κ2) is 8.64. The highest BCUT2D eigenvalue weighted by Gasteiger charge is 2.25. The number of fused-ring (bicyclic) bond motifs is 2. The average molecular weight is 495 g/mol. The summed E-state index contributed by atoms with van der Waals surface area (Å²) in [5, 5.41) is 6.33. The molecule has 1 N–H and O–H groups in total. The van der Waals surface area contributed by atoms with Crippen molar-refractivity contribution in [2.45, 2.75) is 4.90 Å². The lowest BCUT2D eigenvalue weighted by atomic mass is 10.1. The number of amides is 1. The third-order valence-corrected chi connectivity index (χ3v) is 7.99. The summed E-state index contributed by atoms with van der Waals surface area (Å²) in [4.78, 5) is 18.2. The number of hydrogen-bond donors (Lipinski definition) is 1. The van der Waals surface area contributed by atoms with Gasteiger partial charge in [0, 0.05) is 24.2 Å². The van der Waals surface area contributed by atoms with Crippen LogP contribution in [-0.4, -0.2) is 41.6 Å². The van der Waals surface area contributed by atoms with Gasteiger partial charge in [-0.2, -0.15) is 4.31 Å². The first kappa shape index (κ1) is 22.2. The molecule has 0 aliphatic heterocycles. The fourth-order valence-corrected chi connectivity index (χ4v) is 5.56. The quantitative estimate of drug-likeness (QED) is 0.374. The molecular weight excluding hydrogens is 475 g/mol. The van der Waals surface area contributed by atoms with E-state index in [4.69, 9.17) is 0 Å². The molecule has 0 bridgehead atoms. The summed E-state index contributed by atoms with van der Waals surface area (Å²) >= 11 is 1.38. The number of carbonyl (C=O) groups excluding carboxylic acids is 1. The number of hydrogen-bond acceptors (Lipinski definition) is 5. The largest absolute Gasteiger partial charge is 0.309 e. The Balaban J connectivity index is 1.40. The van der Waals surface area contributed by atoms with Gasteiger partial charge in [-0.1, -0.05) is 30.3 Å². The van der Waals surface area contributed by atoms with Crippen LogP contribution in [0.1, 0.15) is 0 Å². The predicted molar refractivity (Wildman–Crippen MR) is 131 cm³/mol. The molecule has 0 aliphatic rings. The number of imidazole rings is 1. The zero-order chi connectivity index (χ0) is 23.9. The number of halogens is 1. The van der Waals surface area contributed by atoms with E-state index < -0.39 is 22.5 Å². The Morgan fingerprint density at radius 3 is 2.59 bits per heavy atom. The Bertz CT molecular complexity index is 1630. The van der Waals surface area contributed by atoms with E-state index in [2.05, 4.69) is 10.3 Å². The van der Waals surface area contributed by atoms with Crippen molar-refractivity contribution in [3.05, 3.63) is 84.1 Å². The van der Waals surface area contributed by atoms with Crippen molar-refractivity contribution in [1.29, 1.82) is 0 Å². The Morgan fingerprint density at radius 2 is 1.82 bits per heavy atom. The lowest BCUT2D eigenvalue weighted by Crippen LogP contribution is -2.35. The van der Waals surface area contributed by atoms with Crippen molar-refractivity contribution in [3.8, 4) is 11.3 Å². The minimum Gasteiger partial charge on any atom is -0.309 e. The van der Waals surface area contributed by atoms with Gasteiger partial charge < -0.3 is 5.32 Å². The summed E-state index contributed by atoms with van der Waals surface area (Å²) < 4.78 is 42.3. The highest BCUT2D eigenvalue weighted by Crippen LogP contribution is 2.31. The van der Waals surface area contributed by atoms with Crippen LogP contribution in [0.5, 0.6) is 0 Å². The van der Waals surface area contributed by atoms with Crippen LogP contribution in [0.25, 0.3) is 27.0 Å². The smallest absolute Gasteiger partial charge is 0.243 e. The van der Waals surface area contributed by atoms with Gasteiger partial charge in [-0.05, 0) is 47.2 Å². The summed E-state index contributed by atoms with van der Waals surface area (Å²) in [5.41, 5.74) is 1.10. The number of likely N-dealkylation sites (N-methyl/N-ethyl adjacent to an activating group) is 1. The summed E-state index contributed by atoms with van der Waals surface area (Å²) in [6, 6.07) is 18.1. The number of thiazole rings is 1. The van der Waals surface area contributed by atoms with Crippen molar-refractivity contribution < 1.29 is 17.6 Å². The number of carbonyl (C=O) groups is 1. The molecule has 1 amide bonds. The number of anilines is 1. The van der Waals surface area contributed by atoms with Crippen LogP contribution in [0, 0.1) is 5.82 Å². The minimum atomic E-state index is -3.89. The number of aromatic nitrogens is 2. The molecule has 0 saturated heterocycles. The number of rotatable bonds is 6. The predicted octanol–water partition coefficient (Wildman–Crippen LogP) is 4.61. The molecule has 0 radical (unpaired) electrons. The average Bonchev–Trinajstić information content (AvgIpc) is 3.42. The van der Waals surface area contributed by atoms with E-state index in [0.717, 1.165) is 15.1 Å². The fourth-order valence-electron chi connectivity index (χ4n) is 3.68. The summed E-state index contributed by atoms with van der Waals surface area (Å²) in [6.07, 6.45) is 1.76. The molecule has 172 valence electrons. The molecule has 3 aromatic carbocycles. The highest BCUT2D eigenvalue weighted by atomic mass is 32.2. The summed E-state index contributed by atoms with van der Waals surface area (Å²) in [7, 11) is -2.53. The summed E-state index contributed by atoms with van der Waals surface area (Å²) in [5.74, 6) is -0.511. The van der Waals surface area contributed by atoms with Crippen LogP contribution in [0.3, 0.4) is 0 Å². The molecule has 0 spiro atoms. The van der Waals surface area contributed by atoms with Gasteiger partial charge in [-0.15, -0.1) is 11.3 Å². The zero-order valence-corrected chi connectivity index (χ0v) is 19.6. The SMILES string of the molecule is CN(CC(=O)Nc1c(-c2ccc(F)cc2)nc2sccn12)S(=O)(=O)c1ccc2ccccc2c1. The van der Waals surface area contributed by atoms with E-state index in [1.54, 1.807) is 34.9 Å². The Kier molecular flexibility index (Phi) is 5.64. The minimum absolute atomic E-state index is 0.109. The maximum Gasteiger partial charge on any atom is 0.243 e. The van der Waals surface area contributed by atoms with Crippen molar-refractivity contribution in [2.24, 2.45) is 0 Å². The van der Waals surface area contributed by atoms with E-state index in [9.17, 15) is 17.6 Å². The second-order valence-electron chi connectivity index (χ2n) is 7.69. The topological polar surface area (TPSA) is 83.8 Å². The fraction of sp³-hybridized carbons (Fsp3) is 0.0833. The molecule has 5 aromatic rings. The highest BCUT2D eigenvalue weighted by molar-refractivity contribution is 7.89. The van der Waals surface area contributed by atoms with Gasteiger partial charge >= 0.3 is 0 Å². The summed E-state index contributed by atoms with van der Waals surface area (Å²) in [6.45, 7) is -0.393. The molecule has 10 heteroatoms. The lowest BCUT2D eigenvalue weighted by Gasteiger charge is -2.17. The van der Waals surface area contributed by atoms with E-state index in [1.807, 2.05) is 29.6 Å². The van der Waals surface area contributed by atoms with Crippen LogP contribution in [-0.2, 0) is 14.8 Å². The monoisotopic (exact) mass is 494 g/mol. The van der Waals surface area contributed by atoms with E-state index in [1.165, 1.54) is 36.6 Å². The van der Waals surface area contributed by atoms with Crippen LogP contribution >= 0.6 is 11.3 Å². The third kappa shape index (κ3) is 4.07. The van der Waals surface area contributed by atoms with Gasteiger partial charge in [-0.3, -0.25) is 9.20 Å². The lowest BCUT2D eigenvalue weighted by molar-refractivity contribution is -0.116. The molecule has 0 fully saturated rings. The normalized spacial score (nSPS) is 12.0. The molecule has 2 aromatic heterocycles. The first-order valence-electron chi connectivity index (χ1n) is 10.3. The first-order valence-corrected chi connectivity index (χ1v) is 12.6. The second-order valence-corrected chi connectivity index (χ2v) is 10.6. The molecule has 0 unspecified atom stereocenters. The maximum atomic E-state index is 13.4. The molecule has 5 rings (SSSR count). The molecule has 34 heavy (non-hydrogen) atoms. The van der Waals surface area contributed by atoms with Gasteiger partial charge in [0.2, 0.25) is 15.9 Å². The number of sulfonamides is 1. The molecule has 0 aliphatic carbocycles. The van der Waals surface area contributed by atoms with E-state index >= 15 is 0 Å². The van der Waals surface area contributed by atoms with Crippen molar-refractivity contribution >= 4 is 48.8 Å². The molecular formula is C24H19FN4O3S2. The van der Waals surface area contributed by atoms with Gasteiger partial charge in [0.1, 0.15) is 17.3 Å². The zero-order valence-electron chi connectivity index (χ0n) is 18.0. The first-order chi connectivity index (χ1) is 16.3. The standard InChI is InChI=1S/C24H19FN4O3S2/c1-28(34(31,32)20-11-8-16-4-2-3-5-18(16)14-20)15-21(30)26-23-22(17-6-9-19(25)10-7-17)27-24-29(23)12-13-33-24/h2-14H,15H2,1H3,(H,26,30). The number of nitrogens with zero attached hydrogens (tertiary/aromatic N) is 3. The third-order valence-electron chi connectivity index (χ3n) is 5.43. The number of nitrogens with one attached hydrogen (secondary N) is 1. The van der Waals surface area contributed by atoms with Crippen molar-refractivity contribution in [3.63, 3.8) is 0 Å². The van der Waals surface area contributed by atoms with Crippen LogP contribution < -0.4 is 5.32 Å². The van der Waals surface area contributed by atoms with Gasteiger partial charge in [0.15, 0.2) is 4.96 Å². The Hall–Kier alpha value is -3.60. The molecule has 7 nitrogen and oxygen atoms in total. The van der Waals surface area contributed by atoms with E-state index in [0.29, 0.717) is 22.0 Å². The molecule has 0 saturated carbocycles. The molecule has 0 atom stereocenters. The maximum absolute atomic E-state index is 13.4.